The van der Waals surface area contributed by atoms with Gasteiger partial charge in [-0.15, -0.1) is 0 Å². The molecule has 5 aromatic rings. The molecule has 0 N–H and O–H groups in total. The van der Waals surface area contributed by atoms with Crippen molar-refractivity contribution in [3.63, 3.8) is 0 Å². The Morgan fingerprint density at radius 2 is 1.54 bits per heavy atom. The van der Waals surface area contributed by atoms with Crippen LogP contribution in [0.1, 0.15) is 25.0 Å². The van der Waals surface area contributed by atoms with Crippen molar-refractivity contribution >= 4 is 21.9 Å². The fourth-order valence-corrected chi connectivity index (χ4v) is 4.72. The zero-order chi connectivity index (χ0) is 18.9. The molecular weight excluding hydrogens is 342 g/mol. The smallest absolute Gasteiger partial charge is 0.144 e. The summed E-state index contributed by atoms with van der Waals surface area (Å²) in [7, 11) is 0. The van der Waals surface area contributed by atoms with Gasteiger partial charge in [0.15, 0.2) is 0 Å². The molecule has 0 atom stereocenters. The summed E-state index contributed by atoms with van der Waals surface area (Å²) in [5.74, 6) is 0. The Hall–Kier alpha value is -3.39. The minimum atomic E-state index is -0.0116. The third-order valence-corrected chi connectivity index (χ3v) is 6.14. The molecule has 2 aromatic heterocycles. The Morgan fingerprint density at radius 3 is 2.39 bits per heavy atom. The number of rotatable bonds is 1. The maximum absolute atomic E-state index is 6.41. The van der Waals surface area contributed by atoms with Gasteiger partial charge in [0, 0.05) is 27.9 Å². The lowest BCUT2D eigenvalue weighted by Gasteiger charge is -2.21. The third-order valence-electron chi connectivity index (χ3n) is 6.14. The first-order valence-electron chi connectivity index (χ1n) is 9.65. The van der Waals surface area contributed by atoms with Crippen molar-refractivity contribution in [1.82, 2.24) is 4.98 Å². The van der Waals surface area contributed by atoms with Crippen LogP contribution in [0.4, 0.5) is 0 Å². The van der Waals surface area contributed by atoms with Gasteiger partial charge in [0.2, 0.25) is 0 Å². The summed E-state index contributed by atoms with van der Waals surface area (Å²) < 4.78 is 6.41. The zero-order valence-electron chi connectivity index (χ0n) is 15.9. The summed E-state index contributed by atoms with van der Waals surface area (Å²) in [5, 5.41) is 2.32. The van der Waals surface area contributed by atoms with E-state index in [1.54, 1.807) is 0 Å². The van der Waals surface area contributed by atoms with E-state index in [4.69, 9.17) is 4.42 Å². The van der Waals surface area contributed by atoms with Crippen molar-refractivity contribution in [1.29, 1.82) is 0 Å². The number of fused-ring (bicyclic) bond motifs is 6. The van der Waals surface area contributed by atoms with Gasteiger partial charge in [-0.1, -0.05) is 56.3 Å². The van der Waals surface area contributed by atoms with Crippen LogP contribution in [0, 0.1) is 0 Å². The van der Waals surface area contributed by atoms with Gasteiger partial charge in [-0.25, -0.2) is 0 Å². The van der Waals surface area contributed by atoms with E-state index >= 15 is 0 Å². The van der Waals surface area contributed by atoms with Gasteiger partial charge < -0.3 is 4.42 Å². The molecule has 0 saturated carbocycles. The Kier molecular flexibility index (Phi) is 2.98. The Balaban J connectivity index is 1.69. The van der Waals surface area contributed by atoms with Gasteiger partial charge in [0.1, 0.15) is 11.2 Å². The zero-order valence-corrected chi connectivity index (χ0v) is 15.9. The molecule has 6 rings (SSSR count). The monoisotopic (exact) mass is 361 g/mol. The summed E-state index contributed by atoms with van der Waals surface area (Å²) in [5.41, 5.74) is 9.15. The number of hydrogen-bond acceptors (Lipinski definition) is 2. The van der Waals surface area contributed by atoms with Crippen LogP contribution in [-0.2, 0) is 5.41 Å². The average molecular weight is 361 g/mol. The Labute approximate surface area is 163 Å². The van der Waals surface area contributed by atoms with Crippen molar-refractivity contribution in [3.8, 4) is 22.4 Å². The molecule has 2 nitrogen and oxygen atoms in total. The van der Waals surface area contributed by atoms with Gasteiger partial charge >= 0.3 is 0 Å². The molecule has 0 aliphatic heterocycles. The average Bonchev–Trinajstić information content (AvgIpc) is 3.20. The first kappa shape index (κ1) is 15.6. The van der Waals surface area contributed by atoms with Crippen LogP contribution in [-0.4, -0.2) is 4.98 Å². The molecule has 1 aliphatic rings. The summed E-state index contributed by atoms with van der Waals surface area (Å²) in [6.45, 7) is 4.62. The van der Waals surface area contributed by atoms with Crippen molar-refractivity contribution < 1.29 is 4.42 Å². The maximum Gasteiger partial charge on any atom is 0.144 e. The van der Waals surface area contributed by atoms with Crippen LogP contribution < -0.4 is 0 Å². The number of furan rings is 1. The quantitative estimate of drug-likeness (QED) is 0.323. The van der Waals surface area contributed by atoms with Gasteiger partial charge in [-0.05, 0) is 52.6 Å². The lowest BCUT2D eigenvalue weighted by Crippen LogP contribution is -2.14. The second kappa shape index (κ2) is 5.32. The van der Waals surface area contributed by atoms with Gasteiger partial charge in [0.25, 0.3) is 0 Å². The largest absolute Gasteiger partial charge is 0.455 e. The number of nitrogens with zero attached hydrogens (tertiary/aromatic N) is 1. The molecule has 2 heteroatoms. The van der Waals surface area contributed by atoms with E-state index in [0.29, 0.717) is 0 Å². The molecule has 0 amide bonds. The predicted octanol–water partition coefficient (Wildman–Crippen LogP) is 6.95. The highest BCUT2D eigenvalue weighted by atomic mass is 16.3. The number of aromatic nitrogens is 1. The van der Waals surface area contributed by atoms with E-state index in [1.165, 1.54) is 27.6 Å². The molecule has 0 fully saturated rings. The predicted molar refractivity (Wildman–Crippen MR) is 115 cm³/mol. The minimum absolute atomic E-state index is 0.0116. The van der Waals surface area contributed by atoms with Crippen LogP contribution in [0.25, 0.3) is 44.3 Å². The van der Waals surface area contributed by atoms with Gasteiger partial charge in [0.05, 0.1) is 5.69 Å². The Bertz CT molecular complexity index is 1380. The minimum Gasteiger partial charge on any atom is -0.455 e. The summed E-state index contributed by atoms with van der Waals surface area (Å²) in [6, 6.07) is 25.6. The van der Waals surface area contributed by atoms with Crippen molar-refractivity contribution in [3.05, 3.63) is 90.1 Å². The number of hydrogen-bond donors (Lipinski definition) is 0. The van der Waals surface area contributed by atoms with Gasteiger partial charge in [-0.3, -0.25) is 4.98 Å². The molecule has 3 aromatic carbocycles. The highest BCUT2D eigenvalue weighted by molar-refractivity contribution is 6.11. The van der Waals surface area contributed by atoms with E-state index in [2.05, 4.69) is 73.4 Å². The van der Waals surface area contributed by atoms with Crippen LogP contribution in [0.5, 0.6) is 0 Å². The fourth-order valence-electron chi connectivity index (χ4n) is 4.72. The lowest BCUT2D eigenvalue weighted by molar-refractivity contribution is 0.658. The molecule has 0 spiro atoms. The topological polar surface area (TPSA) is 26.0 Å². The number of benzene rings is 3. The third kappa shape index (κ3) is 1.95. The van der Waals surface area contributed by atoms with Crippen LogP contribution in [0.15, 0.2) is 83.4 Å². The van der Waals surface area contributed by atoms with Crippen molar-refractivity contribution in [2.24, 2.45) is 0 Å². The van der Waals surface area contributed by atoms with Crippen molar-refractivity contribution in [2.75, 3.05) is 0 Å². The second-order valence-electron chi connectivity index (χ2n) is 8.06. The molecule has 0 radical (unpaired) electrons. The molecule has 2 heterocycles. The SMILES string of the molecule is CC1(C)c2ccccc2-c2cc3oc4c(-c5ccccn5)cccc4c3cc21. The fraction of sp³-hybridized carbons (Fsp3) is 0.115. The number of pyridine rings is 1. The molecule has 0 bridgehead atoms. The molecule has 1 aliphatic carbocycles. The van der Waals surface area contributed by atoms with E-state index in [9.17, 15) is 0 Å². The highest BCUT2D eigenvalue weighted by Crippen LogP contribution is 2.50. The van der Waals surface area contributed by atoms with Crippen LogP contribution in [0.3, 0.4) is 0 Å². The number of para-hydroxylation sites is 1. The highest BCUT2D eigenvalue weighted by Gasteiger charge is 2.36. The molecule has 134 valence electrons. The standard InChI is InChI=1S/C26H19NO/c1-26(2)21-11-4-3-8-16(21)19-15-24-20(14-22(19)26)17-9-7-10-18(25(17)28-24)23-12-5-6-13-27-23/h3-15H,1-2H3. The Morgan fingerprint density at radius 1 is 0.714 bits per heavy atom. The van der Waals surface area contributed by atoms with Crippen molar-refractivity contribution in [2.45, 2.75) is 19.3 Å². The van der Waals surface area contributed by atoms with E-state index in [0.717, 1.165) is 27.8 Å². The summed E-state index contributed by atoms with van der Waals surface area (Å²) in [6.07, 6.45) is 1.82. The van der Waals surface area contributed by atoms with Gasteiger partial charge in [-0.2, -0.15) is 0 Å². The van der Waals surface area contributed by atoms with E-state index in [-0.39, 0.29) is 5.41 Å². The van der Waals surface area contributed by atoms with Crippen LogP contribution in [0.2, 0.25) is 0 Å². The summed E-state index contributed by atoms with van der Waals surface area (Å²) in [4.78, 5) is 4.52. The maximum atomic E-state index is 6.41. The molecular formula is C26H19NO. The molecule has 0 unspecified atom stereocenters. The molecule has 28 heavy (non-hydrogen) atoms. The second-order valence-corrected chi connectivity index (χ2v) is 8.06. The van der Waals surface area contributed by atoms with E-state index < -0.39 is 0 Å². The lowest BCUT2D eigenvalue weighted by atomic mass is 9.82. The van der Waals surface area contributed by atoms with E-state index in [1.807, 2.05) is 24.4 Å². The summed E-state index contributed by atoms with van der Waals surface area (Å²) >= 11 is 0. The molecule has 0 saturated heterocycles. The normalized spacial score (nSPS) is 14.4. The van der Waals surface area contributed by atoms with Crippen LogP contribution >= 0.6 is 0 Å². The first-order valence-corrected chi connectivity index (χ1v) is 9.65. The first-order chi connectivity index (χ1) is 13.6.